The quantitative estimate of drug-likeness (QED) is 0.385. The molecule has 3 N–H and O–H groups in total. The molecule has 5 rings (SSSR count). The molecule has 0 atom stereocenters. The number of carbonyl (C=O) groups is 2. The van der Waals surface area contributed by atoms with Gasteiger partial charge in [0.15, 0.2) is 0 Å². The van der Waals surface area contributed by atoms with Crippen LogP contribution in [0.15, 0.2) is 79.3 Å². The maximum absolute atomic E-state index is 12.5. The molecule has 7 heteroatoms. The van der Waals surface area contributed by atoms with E-state index in [4.69, 9.17) is 10.7 Å². The van der Waals surface area contributed by atoms with Gasteiger partial charge in [-0.15, -0.1) is 0 Å². The maximum atomic E-state index is 12.5. The van der Waals surface area contributed by atoms with Crippen molar-refractivity contribution in [3.63, 3.8) is 0 Å². The van der Waals surface area contributed by atoms with Gasteiger partial charge in [-0.3, -0.25) is 19.1 Å². The van der Waals surface area contributed by atoms with Gasteiger partial charge >= 0.3 is 0 Å². The Bertz CT molecular complexity index is 1340. The molecule has 176 valence electrons. The maximum Gasteiger partial charge on any atom is 0.249 e. The lowest BCUT2D eigenvalue weighted by atomic mass is 9.95. The van der Waals surface area contributed by atoms with Crippen molar-refractivity contribution in [3.8, 4) is 28.2 Å². The van der Waals surface area contributed by atoms with Crippen molar-refractivity contribution in [3.05, 3.63) is 90.5 Å². The number of primary amides is 1. The van der Waals surface area contributed by atoms with Crippen molar-refractivity contribution < 1.29 is 9.59 Å². The van der Waals surface area contributed by atoms with Gasteiger partial charge in [-0.25, -0.2) is 4.98 Å². The Morgan fingerprint density at radius 3 is 2.49 bits per heavy atom. The topological polar surface area (TPSA) is 103 Å². The fraction of sp³-hybridized carbons (Fsp3) is 0.214. The molecular formula is C28H27N5O2. The molecule has 0 saturated heterocycles. The second-order valence-electron chi connectivity index (χ2n) is 8.79. The number of nitrogens with zero attached hydrogens (tertiary/aromatic N) is 3. The zero-order chi connectivity index (χ0) is 24.2. The SMILES string of the molecule is NC(=O)c1cccc(-c2ccncc2)c1-c1nc(CCCC(=O)NC2CC2)cn1-c1ccccc1. The van der Waals surface area contributed by atoms with E-state index < -0.39 is 5.91 Å². The van der Waals surface area contributed by atoms with Gasteiger partial charge in [0.1, 0.15) is 5.82 Å². The van der Waals surface area contributed by atoms with Crippen LogP contribution in [-0.2, 0) is 11.2 Å². The summed E-state index contributed by atoms with van der Waals surface area (Å²) in [6, 6.07) is 19.6. The van der Waals surface area contributed by atoms with E-state index in [1.807, 2.05) is 65.4 Å². The molecule has 2 amide bonds. The van der Waals surface area contributed by atoms with Crippen LogP contribution in [0, 0.1) is 0 Å². The molecular weight excluding hydrogens is 438 g/mol. The highest BCUT2D eigenvalue weighted by atomic mass is 16.2. The molecule has 7 nitrogen and oxygen atoms in total. The van der Waals surface area contributed by atoms with Crippen LogP contribution >= 0.6 is 0 Å². The van der Waals surface area contributed by atoms with Crippen LogP contribution in [0.25, 0.3) is 28.2 Å². The molecule has 0 aliphatic heterocycles. The third-order valence-electron chi connectivity index (χ3n) is 6.11. The summed E-state index contributed by atoms with van der Waals surface area (Å²) in [5, 5.41) is 3.03. The first-order chi connectivity index (χ1) is 17.1. The third kappa shape index (κ3) is 5.14. The van der Waals surface area contributed by atoms with E-state index in [0.29, 0.717) is 42.3 Å². The van der Waals surface area contributed by atoms with Crippen LogP contribution in [-0.4, -0.2) is 32.4 Å². The van der Waals surface area contributed by atoms with Crippen LogP contribution in [0.4, 0.5) is 0 Å². The first-order valence-corrected chi connectivity index (χ1v) is 11.9. The number of nitrogens with one attached hydrogen (secondary N) is 1. The van der Waals surface area contributed by atoms with E-state index in [2.05, 4.69) is 10.3 Å². The lowest BCUT2D eigenvalue weighted by molar-refractivity contribution is -0.121. The first kappa shape index (κ1) is 22.5. The summed E-state index contributed by atoms with van der Waals surface area (Å²) >= 11 is 0. The van der Waals surface area contributed by atoms with Crippen LogP contribution in [0.2, 0.25) is 0 Å². The van der Waals surface area contributed by atoms with Gasteiger partial charge in [-0.1, -0.05) is 30.3 Å². The number of hydrogen-bond donors (Lipinski definition) is 2. The van der Waals surface area contributed by atoms with Gasteiger partial charge in [0.05, 0.1) is 11.3 Å². The molecule has 0 spiro atoms. The minimum atomic E-state index is -0.517. The minimum Gasteiger partial charge on any atom is -0.366 e. The van der Waals surface area contributed by atoms with Gasteiger partial charge in [0.25, 0.3) is 0 Å². The Balaban J connectivity index is 1.57. The highest BCUT2D eigenvalue weighted by Crippen LogP contribution is 2.36. The number of amides is 2. The summed E-state index contributed by atoms with van der Waals surface area (Å²) in [5.41, 5.74) is 10.4. The molecule has 0 unspecified atom stereocenters. The Kier molecular flexibility index (Phi) is 6.39. The normalized spacial score (nSPS) is 12.9. The second-order valence-corrected chi connectivity index (χ2v) is 8.79. The van der Waals surface area contributed by atoms with E-state index in [1.54, 1.807) is 18.5 Å². The summed E-state index contributed by atoms with van der Waals surface area (Å²) in [4.78, 5) is 33.7. The first-order valence-electron chi connectivity index (χ1n) is 11.9. The number of pyridine rings is 1. The summed E-state index contributed by atoms with van der Waals surface area (Å²) in [5.74, 6) is 0.209. The van der Waals surface area contributed by atoms with E-state index >= 15 is 0 Å². The van der Waals surface area contributed by atoms with E-state index in [0.717, 1.165) is 35.3 Å². The zero-order valence-electron chi connectivity index (χ0n) is 19.4. The number of aromatic nitrogens is 3. The molecule has 1 aliphatic carbocycles. The summed E-state index contributed by atoms with van der Waals surface area (Å²) in [6.07, 6.45) is 9.38. The zero-order valence-corrected chi connectivity index (χ0v) is 19.4. The Hall–Kier alpha value is -4.26. The highest BCUT2D eigenvalue weighted by Gasteiger charge is 2.24. The smallest absolute Gasteiger partial charge is 0.249 e. The summed E-state index contributed by atoms with van der Waals surface area (Å²) < 4.78 is 1.99. The van der Waals surface area contributed by atoms with E-state index in [1.165, 1.54) is 0 Å². The van der Waals surface area contributed by atoms with Gasteiger partial charge in [-0.05, 0) is 67.1 Å². The lowest BCUT2D eigenvalue weighted by Crippen LogP contribution is -2.25. The number of rotatable bonds is 9. The third-order valence-corrected chi connectivity index (χ3v) is 6.11. The number of benzene rings is 2. The molecule has 1 fully saturated rings. The number of para-hydroxylation sites is 1. The monoisotopic (exact) mass is 465 g/mol. The van der Waals surface area contributed by atoms with Gasteiger partial charge in [0.2, 0.25) is 11.8 Å². The van der Waals surface area contributed by atoms with E-state index in [-0.39, 0.29) is 5.91 Å². The van der Waals surface area contributed by atoms with Crippen molar-refractivity contribution in [2.24, 2.45) is 5.73 Å². The highest BCUT2D eigenvalue weighted by molar-refractivity contribution is 6.03. The minimum absolute atomic E-state index is 0.0919. The van der Waals surface area contributed by atoms with Gasteiger partial charge < -0.3 is 11.1 Å². The molecule has 1 saturated carbocycles. The molecule has 0 bridgehead atoms. The van der Waals surface area contributed by atoms with Crippen molar-refractivity contribution in [1.82, 2.24) is 19.9 Å². The van der Waals surface area contributed by atoms with Crippen molar-refractivity contribution >= 4 is 11.8 Å². The standard InChI is InChI=1S/C28H27N5O2/c29-27(35)24-10-5-9-23(19-14-16-30-17-15-19)26(24)28-32-21(6-4-11-25(34)31-20-12-13-20)18-33(28)22-7-2-1-3-8-22/h1-3,5,7-10,14-18,20H,4,6,11-13H2,(H2,29,35)(H,31,34). The molecule has 0 radical (unpaired) electrons. The van der Waals surface area contributed by atoms with Crippen LogP contribution in [0.3, 0.4) is 0 Å². The van der Waals surface area contributed by atoms with Crippen LogP contribution < -0.4 is 11.1 Å². The molecule has 35 heavy (non-hydrogen) atoms. The number of carbonyl (C=O) groups excluding carboxylic acids is 2. The molecule has 4 aromatic rings. The van der Waals surface area contributed by atoms with Crippen molar-refractivity contribution in [2.45, 2.75) is 38.1 Å². The lowest BCUT2D eigenvalue weighted by Gasteiger charge is -2.15. The van der Waals surface area contributed by atoms with Crippen LogP contribution in [0.1, 0.15) is 41.7 Å². The molecule has 1 aliphatic rings. The average molecular weight is 466 g/mol. The molecule has 2 aromatic carbocycles. The predicted octanol–water partition coefficient (Wildman–Crippen LogP) is 4.30. The van der Waals surface area contributed by atoms with Crippen LogP contribution in [0.5, 0.6) is 0 Å². The van der Waals surface area contributed by atoms with Crippen molar-refractivity contribution in [2.75, 3.05) is 0 Å². The summed E-state index contributed by atoms with van der Waals surface area (Å²) in [6.45, 7) is 0. The molecule has 2 heterocycles. The molecule has 2 aromatic heterocycles. The Morgan fingerprint density at radius 1 is 1.00 bits per heavy atom. The number of nitrogens with two attached hydrogens (primary N) is 1. The number of aryl methyl sites for hydroxylation is 1. The van der Waals surface area contributed by atoms with Crippen molar-refractivity contribution in [1.29, 1.82) is 0 Å². The number of imidazole rings is 1. The Labute approximate surface area is 204 Å². The Morgan fingerprint density at radius 2 is 1.77 bits per heavy atom. The summed E-state index contributed by atoms with van der Waals surface area (Å²) in [7, 11) is 0. The second kappa shape index (κ2) is 9.93. The average Bonchev–Trinajstić information content (AvgIpc) is 3.60. The largest absolute Gasteiger partial charge is 0.366 e. The number of hydrogen-bond acceptors (Lipinski definition) is 4. The fourth-order valence-electron chi connectivity index (χ4n) is 4.24. The van der Waals surface area contributed by atoms with Gasteiger partial charge in [-0.2, -0.15) is 0 Å². The fourth-order valence-corrected chi connectivity index (χ4v) is 4.24. The van der Waals surface area contributed by atoms with E-state index in [9.17, 15) is 9.59 Å². The van der Waals surface area contributed by atoms with Gasteiger partial charge in [0, 0.05) is 42.3 Å². The predicted molar refractivity (Wildman–Crippen MR) is 135 cm³/mol.